The fourth-order valence-electron chi connectivity index (χ4n) is 7.88. The largest absolute Gasteiger partial charge is 0.357 e. The number of fused-ring (bicyclic) bond motifs is 7. The van der Waals surface area contributed by atoms with Crippen molar-refractivity contribution in [2.24, 2.45) is 0 Å². The minimum Gasteiger partial charge on any atom is -0.357 e. The molecule has 3 atom stereocenters. The Hall–Kier alpha value is -4.82. The molecule has 0 fully saturated rings. The number of nitrogens with zero attached hydrogens (tertiary/aromatic N) is 2. The van der Waals surface area contributed by atoms with Gasteiger partial charge in [-0.25, -0.2) is 0 Å². The number of hydrogen-bond acceptors (Lipinski definition) is 2. The highest BCUT2D eigenvalue weighted by molar-refractivity contribution is 5.99. The van der Waals surface area contributed by atoms with E-state index in [0.717, 1.165) is 19.3 Å². The summed E-state index contributed by atoms with van der Waals surface area (Å²) in [6, 6.07) is 36.9. The van der Waals surface area contributed by atoms with Crippen LogP contribution in [0.15, 0.2) is 134 Å². The number of allylic oxidation sites excluding steroid dienone is 4. The summed E-state index contributed by atoms with van der Waals surface area (Å²) >= 11 is 0. The van der Waals surface area contributed by atoms with Crippen LogP contribution in [-0.4, -0.2) is 18.1 Å². The summed E-state index contributed by atoms with van der Waals surface area (Å²) in [4.78, 5) is 5.21. The van der Waals surface area contributed by atoms with Crippen LogP contribution in [0.25, 0.3) is 22.8 Å². The maximum atomic E-state index is 2.69. The van der Waals surface area contributed by atoms with E-state index in [4.69, 9.17) is 0 Å². The minimum absolute atomic E-state index is 0.356. The van der Waals surface area contributed by atoms with Crippen molar-refractivity contribution in [3.05, 3.63) is 161 Å². The first-order chi connectivity index (χ1) is 20.8. The van der Waals surface area contributed by atoms with Gasteiger partial charge in [-0.15, -0.1) is 0 Å². The Bertz CT molecular complexity index is 1890. The predicted octanol–water partition coefficient (Wildman–Crippen LogP) is 9.25. The average Bonchev–Trinajstić information content (AvgIpc) is 3.57. The molecule has 2 heteroatoms. The van der Waals surface area contributed by atoms with Crippen molar-refractivity contribution in [3.8, 4) is 0 Å². The van der Waals surface area contributed by atoms with E-state index in [1.807, 2.05) is 0 Å². The van der Waals surface area contributed by atoms with Gasteiger partial charge in [0.2, 0.25) is 0 Å². The lowest BCUT2D eigenvalue weighted by molar-refractivity contribution is 0.635. The Morgan fingerprint density at radius 1 is 0.690 bits per heavy atom. The summed E-state index contributed by atoms with van der Waals surface area (Å²) in [5, 5.41) is 0. The molecule has 0 N–H and O–H groups in total. The smallest absolute Gasteiger partial charge is 0.0632 e. The van der Waals surface area contributed by atoms with Crippen LogP contribution in [0.3, 0.4) is 0 Å². The molecule has 0 saturated carbocycles. The highest BCUT2D eigenvalue weighted by Crippen LogP contribution is 2.50. The second kappa shape index (κ2) is 9.36. The van der Waals surface area contributed by atoms with E-state index < -0.39 is 0 Å². The molecule has 0 bridgehead atoms. The molecule has 5 aliphatic rings. The molecule has 0 radical (unpaired) electrons. The van der Waals surface area contributed by atoms with E-state index >= 15 is 0 Å². The lowest BCUT2D eigenvalue weighted by Crippen LogP contribution is -2.42. The lowest BCUT2D eigenvalue weighted by Gasteiger charge is -2.37. The van der Waals surface area contributed by atoms with Gasteiger partial charge in [0.15, 0.2) is 0 Å². The van der Waals surface area contributed by atoms with Gasteiger partial charge < -0.3 is 9.80 Å². The first-order valence-electron chi connectivity index (χ1n) is 15.2. The van der Waals surface area contributed by atoms with Crippen molar-refractivity contribution in [2.75, 3.05) is 9.80 Å². The molecule has 202 valence electrons. The Labute approximate surface area is 247 Å². The first-order valence-corrected chi connectivity index (χ1v) is 15.2. The Balaban J connectivity index is 1.09. The number of hydrogen-bond donors (Lipinski definition) is 0. The highest BCUT2D eigenvalue weighted by atomic mass is 15.2. The lowest BCUT2D eigenvalue weighted by atomic mass is 9.87. The molecule has 2 heterocycles. The second-order valence-electron chi connectivity index (χ2n) is 12.0. The number of benzene rings is 4. The van der Waals surface area contributed by atoms with Gasteiger partial charge in [-0.05, 0) is 89.1 Å². The zero-order chi connectivity index (χ0) is 27.6. The fraction of sp³-hybridized carbons (Fsp3) is 0.150. The normalized spacial score (nSPS) is 22.9. The molecular formula is C40H32N2. The van der Waals surface area contributed by atoms with E-state index in [9.17, 15) is 0 Å². The molecule has 2 aliphatic heterocycles. The molecule has 0 amide bonds. The van der Waals surface area contributed by atoms with Gasteiger partial charge in [-0.1, -0.05) is 103 Å². The van der Waals surface area contributed by atoms with Gasteiger partial charge in [0.25, 0.3) is 0 Å². The molecule has 4 aromatic rings. The van der Waals surface area contributed by atoms with E-state index in [-0.39, 0.29) is 0 Å². The maximum Gasteiger partial charge on any atom is 0.0632 e. The zero-order valence-electron chi connectivity index (χ0n) is 23.5. The number of para-hydroxylation sites is 2. The number of anilines is 3. The van der Waals surface area contributed by atoms with Crippen LogP contribution in [0, 0.1) is 0 Å². The minimum atomic E-state index is 0.356. The van der Waals surface area contributed by atoms with Crippen LogP contribution in [0.2, 0.25) is 0 Å². The van der Waals surface area contributed by atoms with Gasteiger partial charge >= 0.3 is 0 Å². The van der Waals surface area contributed by atoms with Crippen molar-refractivity contribution >= 4 is 39.9 Å². The van der Waals surface area contributed by atoms with Gasteiger partial charge in [0.1, 0.15) is 0 Å². The molecule has 2 nitrogen and oxygen atoms in total. The Morgan fingerprint density at radius 2 is 1.55 bits per heavy atom. The van der Waals surface area contributed by atoms with Crippen LogP contribution < -0.4 is 9.80 Å². The summed E-state index contributed by atoms with van der Waals surface area (Å²) in [5.74, 6) is 0. The van der Waals surface area contributed by atoms with E-state index in [1.165, 1.54) is 61.6 Å². The summed E-state index contributed by atoms with van der Waals surface area (Å²) in [5.41, 5.74) is 15.0. The van der Waals surface area contributed by atoms with Gasteiger partial charge in [-0.3, -0.25) is 0 Å². The summed E-state index contributed by atoms with van der Waals surface area (Å²) in [6.45, 7) is 0. The molecule has 9 rings (SSSR count). The van der Waals surface area contributed by atoms with Crippen molar-refractivity contribution in [1.29, 1.82) is 0 Å². The molecular weight excluding hydrogens is 508 g/mol. The van der Waals surface area contributed by atoms with Crippen LogP contribution in [-0.2, 0) is 6.42 Å². The third-order valence-electron chi connectivity index (χ3n) is 9.78. The summed E-state index contributed by atoms with van der Waals surface area (Å²) < 4.78 is 0. The molecule has 4 aromatic carbocycles. The van der Waals surface area contributed by atoms with Crippen LogP contribution in [0.1, 0.15) is 40.7 Å². The van der Waals surface area contributed by atoms with Gasteiger partial charge in [0.05, 0.1) is 18.1 Å². The van der Waals surface area contributed by atoms with Crippen molar-refractivity contribution in [3.63, 3.8) is 0 Å². The molecule has 0 saturated heterocycles. The highest BCUT2D eigenvalue weighted by Gasteiger charge is 2.39. The quantitative estimate of drug-likeness (QED) is 0.256. The molecule has 0 aromatic heterocycles. The van der Waals surface area contributed by atoms with Gasteiger partial charge in [-0.2, -0.15) is 0 Å². The van der Waals surface area contributed by atoms with E-state index in [1.54, 1.807) is 0 Å². The third-order valence-corrected chi connectivity index (χ3v) is 9.78. The van der Waals surface area contributed by atoms with Crippen molar-refractivity contribution in [2.45, 2.75) is 37.4 Å². The SMILES string of the molecule is C1=CCC2C(=C1)c1cc(C3=CCC4C(=C3)c3ccccc3N4C3C=Cc4ccccc4C3)ccc1N2c1ccccc1. The van der Waals surface area contributed by atoms with E-state index in [0.29, 0.717) is 18.1 Å². The Kier molecular flexibility index (Phi) is 5.31. The second-order valence-corrected chi connectivity index (χ2v) is 12.0. The first kappa shape index (κ1) is 23.8. The molecule has 3 aliphatic carbocycles. The van der Waals surface area contributed by atoms with Gasteiger partial charge in [0, 0.05) is 28.2 Å². The van der Waals surface area contributed by atoms with Crippen LogP contribution >= 0.6 is 0 Å². The maximum absolute atomic E-state index is 2.69. The molecule has 3 unspecified atom stereocenters. The standard InChI is InChI=1S/C40H32N2/c1-2-12-31(13-3-1)41-37-16-8-6-14-33(37)35-25-29(19-22-39(35)41)30-20-23-40-36(26-30)34-15-7-9-17-38(34)42(40)32-21-18-27-10-4-5-11-28(27)24-32/h1-15,17-22,25-26,32,37,40H,16,23-24H2. The zero-order valence-corrected chi connectivity index (χ0v) is 23.5. The predicted molar refractivity (Wildman–Crippen MR) is 177 cm³/mol. The Morgan fingerprint density at radius 3 is 2.50 bits per heavy atom. The topological polar surface area (TPSA) is 6.48 Å². The monoisotopic (exact) mass is 540 g/mol. The molecule has 0 spiro atoms. The number of rotatable bonds is 3. The fourth-order valence-corrected chi connectivity index (χ4v) is 7.88. The van der Waals surface area contributed by atoms with E-state index in [2.05, 4.69) is 149 Å². The molecule has 42 heavy (non-hydrogen) atoms. The third kappa shape index (κ3) is 3.58. The van der Waals surface area contributed by atoms with Crippen LogP contribution in [0.4, 0.5) is 17.1 Å². The van der Waals surface area contributed by atoms with Crippen molar-refractivity contribution < 1.29 is 0 Å². The summed E-state index contributed by atoms with van der Waals surface area (Å²) in [7, 11) is 0. The average molecular weight is 541 g/mol. The van der Waals surface area contributed by atoms with Crippen LogP contribution in [0.5, 0.6) is 0 Å². The summed E-state index contributed by atoms with van der Waals surface area (Å²) in [6.07, 6.45) is 19.7. The van der Waals surface area contributed by atoms with Crippen molar-refractivity contribution in [1.82, 2.24) is 0 Å².